The lowest BCUT2D eigenvalue weighted by Crippen LogP contribution is -2.18. The Balaban J connectivity index is 2.59. The van der Waals surface area contributed by atoms with Gasteiger partial charge in [0.25, 0.3) is 9.05 Å². The van der Waals surface area contributed by atoms with Gasteiger partial charge in [0.1, 0.15) is 0 Å². The van der Waals surface area contributed by atoms with Crippen LogP contribution in [0.2, 0.25) is 0 Å². The minimum absolute atomic E-state index is 0.0169. The van der Waals surface area contributed by atoms with Crippen molar-refractivity contribution in [3.05, 3.63) is 24.3 Å². The van der Waals surface area contributed by atoms with Gasteiger partial charge in [-0.25, -0.2) is 8.42 Å². The molecule has 0 aliphatic rings. The molecule has 6 heteroatoms. The van der Waals surface area contributed by atoms with E-state index >= 15 is 0 Å². The Bertz CT molecular complexity index is 588. The van der Waals surface area contributed by atoms with E-state index in [1.807, 2.05) is 6.92 Å². The Labute approximate surface area is 131 Å². The lowest BCUT2D eigenvalue weighted by Gasteiger charge is -2.22. The number of hydrogen-bond acceptors (Lipinski definition) is 3. The van der Waals surface area contributed by atoms with E-state index in [2.05, 4.69) is 26.1 Å². The average molecular weight is 332 g/mol. The molecule has 0 aromatic heterocycles. The number of rotatable bonds is 5. The second-order valence-electron chi connectivity index (χ2n) is 6.58. The van der Waals surface area contributed by atoms with Gasteiger partial charge >= 0.3 is 0 Å². The predicted octanol–water partition coefficient (Wildman–Crippen LogP) is 4.02. The molecule has 0 spiro atoms. The van der Waals surface area contributed by atoms with Gasteiger partial charge in [0.15, 0.2) is 0 Å². The molecule has 0 radical (unpaired) electrons. The number of amides is 1. The summed E-state index contributed by atoms with van der Waals surface area (Å²) in [5, 5.41) is 2.76. The molecule has 0 fully saturated rings. The summed E-state index contributed by atoms with van der Waals surface area (Å²) < 4.78 is 22.2. The maximum absolute atomic E-state index is 11.9. The van der Waals surface area contributed by atoms with Crippen molar-refractivity contribution in [2.45, 2.75) is 45.4 Å². The van der Waals surface area contributed by atoms with E-state index in [9.17, 15) is 13.2 Å². The first-order chi connectivity index (χ1) is 9.47. The topological polar surface area (TPSA) is 63.2 Å². The first-order valence-electron chi connectivity index (χ1n) is 6.82. The summed E-state index contributed by atoms with van der Waals surface area (Å²) >= 11 is 0. The highest BCUT2D eigenvalue weighted by molar-refractivity contribution is 8.13. The van der Waals surface area contributed by atoms with Crippen molar-refractivity contribution in [3.8, 4) is 0 Å². The second kappa shape index (κ2) is 6.79. The SMILES string of the molecule is CC(CC(=O)Nc1ccc(S(=O)(=O)Cl)cc1)CC(C)(C)C. The van der Waals surface area contributed by atoms with Crippen molar-refractivity contribution in [3.63, 3.8) is 0 Å². The smallest absolute Gasteiger partial charge is 0.261 e. The number of anilines is 1. The monoisotopic (exact) mass is 331 g/mol. The zero-order valence-corrected chi connectivity index (χ0v) is 14.4. The molecule has 0 saturated carbocycles. The van der Waals surface area contributed by atoms with E-state index in [1.54, 1.807) is 0 Å². The van der Waals surface area contributed by atoms with Crippen LogP contribution in [-0.4, -0.2) is 14.3 Å². The highest BCUT2D eigenvalue weighted by atomic mass is 35.7. The predicted molar refractivity (Wildman–Crippen MR) is 86.0 cm³/mol. The van der Waals surface area contributed by atoms with Crippen molar-refractivity contribution in [2.75, 3.05) is 5.32 Å². The number of carbonyl (C=O) groups excluding carboxylic acids is 1. The summed E-state index contributed by atoms with van der Waals surface area (Å²) in [5.41, 5.74) is 0.753. The van der Waals surface area contributed by atoms with Crippen LogP contribution in [0.15, 0.2) is 29.2 Å². The fourth-order valence-electron chi connectivity index (χ4n) is 2.35. The molecular weight excluding hydrogens is 310 g/mol. The fraction of sp³-hybridized carbons (Fsp3) is 0.533. The van der Waals surface area contributed by atoms with Crippen LogP contribution in [0, 0.1) is 11.3 Å². The summed E-state index contributed by atoms with van der Waals surface area (Å²) in [6.07, 6.45) is 1.40. The number of nitrogens with one attached hydrogen (secondary N) is 1. The van der Waals surface area contributed by atoms with Crippen LogP contribution in [0.25, 0.3) is 0 Å². The lowest BCUT2D eigenvalue weighted by atomic mass is 9.84. The Kier molecular flexibility index (Phi) is 5.82. The van der Waals surface area contributed by atoms with E-state index < -0.39 is 9.05 Å². The molecule has 1 amide bonds. The van der Waals surface area contributed by atoms with Crippen molar-refractivity contribution in [1.29, 1.82) is 0 Å². The highest BCUT2D eigenvalue weighted by Gasteiger charge is 2.18. The minimum Gasteiger partial charge on any atom is -0.326 e. The number of carbonyl (C=O) groups is 1. The van der Waals surface area contributed by atoms with Crippen molar-refractivity contribution >= 4 is 31.3 Å². The van der Waals surface area contributed by atoms with E-state index in [0.717, 1.165) is 6.42 Å². The van der Waals surface area contributed by atoms with Crippen LogP contribution in [0.1, 0.15) is 40.5 Å². The fourth-order valence-corrected chi connectivity index (χ4v) is 3.12. The van der Waals surface area contributed by atoms with Gasteiger partial charge in [-0.15, -0.1) is 0 Å². The van der Waals surface area contributed by atoms with Crippen LogP contribution < -0.4 is 5.32 Å². The minimum atomic E-state index is -3.73. The van der Waals surface area contributed by atoms with Crippen molar-refractivity contribution in [1.82, 2.24) is 0 Å². The third-order valence-electron chi connectivity index (χ3n) is 2.91. The number of hydrogen-bond donors (Lipinski definition) is 1. The van der Waals surface area contributed by atoms with Gasteiger partial charge in [0.05, 0.1) is 4.90 Å². The Morgan fingerprint density at radius 3 is 2.19 bits per heavy atom. The Morgan fingerprint density at radius 1 is 1.24 bits per heavy atom. The molecule has 0 aliphatic heterocycles. The molecule has 0 aliphatic carbocycles. The summed E-state index contributed by atoms with van der Waals surface area (Å²) in [6.45, 7) is 8.49. The largest absolute Gasteiger partial charge is 0.326 e. The Morgan fingerprint density at radius 2 is 1.76 bits per heavy atom. The molecular formula is C15H22ClNO3S. The van der Waals surface area contributed by atoms with Crippen LogP contribution in [0.4, 0.5) is 5.69 Å². The van der Waals surface area contributed by atoms with Gasteiger partial charge in [-0.3, -0.25) is 4.79 Å². The van der Waals surface area contributed by atoms with Gasteiger partial charge in [-0.1, -0.05) is 27.7 Å². The third kappa shape index (κ3) is 6.96. The summed E-state index contributed by atoms with van der Waals surface area (Å²) in [7, 11) is 1.50. The molecule has 0 saturated heterocycles. The van der Waals surface area contributed by atoms with Gasteiger partial charge < -0.3 is 5.32 Å². The highest BCUT2D eigenvalue weighted by Crippen LogP contribution is 2.26. The molecule has 0 heterocycles. The average Bonchev–Trinajstić information content (AvgIpc) is 2.25. The number of benzene rings is 1. The zero-order valence-electron chi connectivity index (χ0n) is 12.8. The molecule has 1 atom stereocenters. The van der Waals surface area contributed by atoms with E-state index in [1.165, 1.54) is 24.3 Å². The molecule has 1 aromatic carbocycles. The molecule has 21 heavy (non-hydrogen) atoms. The molecule has 0 bridgehead atoms. The molecule has 1 unspecified atom stereocenters. The lowest BCUT2D eigenvalue weighted by molar-refractivity contribution is -0.117. The first kappa shape index (κ1) is 18.0. The molecule has 118 valence electrons. The van der Waals surface area contributed by atoms with E-state index in [4.69, 9.17) is 10.7 Å². The molecule has 1 N–H and O–H groups in total. The van der Waals surface area contributed by atoms with Gasteiger partial charge in [0.2, 0.25) is 5.91 Å². The van der Waals surface area contributed by atoms with Crippen LogP contribution in [0.5, 0.6) is 0 Å². The van der Waals surface area contributed by atoms with Crippen molar-refractivity contribution < 1.29 is 13.2 Å². The van der Waals surface area contributed by atoms with Crippen LogP contribution in [-0.2, 0) is 13.8 Å². The van der Waals surface area contributed by atoms with Crippen LogP contribution in [0.3, 0.4) is 0 Å². The van der Waals surface area contributed by atoms with Gasteiger partial charge in [-0.05, 0) is 42.0 Å². The third-order valence-corrected chi connectivity index (χ3v) is 4.28. The molecule has 1 rings (SSSR count). The molecule has 1 aromatic rings. The maximum Gasteiger partial charge on any atom is 0.261 e. The summed E-state index contributed by atoms with van der Waals surface area (Å²) in [6, 6.07) is 5.80. The number of halogens is 1. The maximum atomic E-state index is 11.9. The molecule has 4 nitrogen and oxygen atoms in total. The van der Waals surface area contributed by atoms with Gasteiger partial charge in [-0.2, -0.15) is 0 Å². The van der Waals surface area contributed by atoms with E-state index in [0.29, 0.717) is 12.1 Å². The quantitative estimate of drug-likeness (QED) is 0.829. The normalized spacial score (nSPS) is 13.8. The second-order valence-corrected chi connectivity index (χ2v) is 9.15. The van der Waals surface area contributed by atoms with Crippen molar-refractivity contribution in [2.24, 2.45) is 11.3 Å². The van der Waals surface area contributed by atoms with Gasteiger partial charge in [0, 0.05) is 22.8 Å². The summed E-state index contributed by atoms with van der Waals surface area (Å²) in [5.74, 6) is 0.209. The zero-order chi connectivity index (χ0) is 16.3. The Hall–Kier alpha value is -1.07. The van der Waals surface area contributed by atoms with Crippen LogP contribution >= 0.6 is 10.7 Å². The van der Waals surface area contributed by atoms with E-state index in [-0.39, 0.29) is 22.1 Å². The first-order valence-corrected chi connectivity index (χ1v) is 9.13. The summed E-state index contributed by atoms with van der Waals surface area (Å²) in [4.78, 5) is 12.0. The standard InChI is InChI=1S/C15H22ClNO3S/c1-11(10-15(2,3)4)9-14(18)17-12-5-7-13(8-6-12)21(16,19)20/h5-8,11H,9-10H2,1-4H3,(H,17,18).